The lowest BCUT2D eigenvalue weighted by molar-refractivity contribution is -0.284. The summed E-state index contributed by atoms with van der Waals surface area (Å²) in [5.74, 6) is -1.14. The fourth-order valence-corrected chi connectivity index (χ4v) is 3.52. The van der Waals surface area contributed by atoms with E-state index < -0.39 is 11.5 Å². The molecule has 0 amide bonds. The maximum Gasteiger partial charge on any atom is 0.339 e. The molecule has 5 heteroatoms. The molecule has 132 valence electrons. The molecule has 3 unspecified atom stereocenters. The monoisotopic (exact) mass is 326 g/mol. The molecule has 0 aromatic carbocycles. The largest absolute Gasteiger partial charge is 0.465 e. The van der Waals surface area contributed by atoms with Crippen molar-refractivity contribution in [3.8, 4) is 0 Å². The van der Waals surface area contributed by atoms with Crippen LogP contribution in [-0.4, -0.2) is 36.9 Å². The highest BCUT2D eigenvalue weighted by molar-refractivity contribution is 5.90. The minimum Gasteiger partial charge on any atom is -0.465 e. The van der Waals surface area contributed by atoms with Gasteiger partial charge < -0.3 is 14.2 Å². The van der Waals surface area contributed by atoms with Crippen molar-refractivity contribution in [2.75, 3.05) is 13.2 Å². The second kappa shape index (κ2) is 8.67. The number of carbonyl (C=O) groups excluding carboxylic acids is 2. The van der Waals surface area contributed by atoms with Gasteiger partial charge in [0.25, 0.3) is 0 Å². The topological polar surface area (TPSA) is 61.8 Å². The molecule has 2 bridgehead atoms. The maximum atomic E-state index is 12.5. The summed E-state index contributed by atoms with van der Waals surface area (Å²) in [5, 5.41) is 0. The van der Waals surface area contributed by atoms with Crippen LogP contribution in [0.25, 0.3) is 0 Å². The van der Waals surface area contributed by atoms with Crippen LogP contribution in [-0.2, 0) is 23.8 Å². The first kappa shape index (κ1) is 18.2. The molecule has 3 fully saturated rings. The molecule has 3 rings (SSSR count). The molecule has 5 nitrogen and oxygen atoms in total. The Morgan fingerprint density at radius 3 is 2.30 bits per heavy atom. The summed E-state index contributed by atoms with van der Waals surface area (Å²) in [7, 11) is 0. The van der Waals surface area contributed by atoms with Crippen LogP contribution in [0, 0.1) is 5.92 Å². The summed E-state index contributed by atoms with van der Waals surface area (Å²) in [6.45, 7) is 5.04. The predicted octanol–water partition coefficient (Wildman–Crippen LogP) is 3.39. The minimum atomic E-state index is -1.07. The van der Waals surface area contributed by atoms with Crippen molar-refractivity contribution in [2.45, 2.75) is 83.3 Å². The molecule has 2 heterocycles. The number of hydrogen-bond donors (Lipinski definition) is 0. The fraction of sp³-hybridized carbons (Fsp3) is 0.889. The van der Waals surface area contributed by atoms with Gasteiger partial charge in [-0.15, -0.1) is 0 Å². The average Bonchev–Trinajstić information content (AvgIpc) is 2.55. The first-order chi connectivity index (χ1) is 11.2. The van der Waals surface area contributed by atoms with Crippen molar-refractivity contribution in [1.29, 1.82) is 0 Å². The Kier molecular flexibility index (Phi) is 6.88. The van der Waals surface area contributed by atoms with E-state index in [1.807, 2.05) is 0 Å². The van der Waals surface area contributed by atoms with Crippen molar-refractivity contribution < 1.29 is 23.8 Å². The fourth-order valence-electron chi connectivity index (χ4n) is 3.52. The highest BCUT2D eigenvalue weighted by atomic mass is 16.6. The molecule has 1 aliphatic carbocycles. The third-order valence-corrected chi connectivity index (χ3v) is 4.85. The van der Waals surface area contributed by atoms with Gasteiger partial charge in [-0.3, -0.25) is 4.79 Å². The van der Waals surface area contributed by atoms with Gasteiger partial charge in [-0.1, -0.05) is 39.5 Å². The van der Waals surface area contributed by atoms with Crippen LogP contribution in [0.4, 0.5) is 0 Å². The zero-order valence-corrected chi connectivity index (χ0v) is 14.5. The molecule has 3 aliphatic rings. The van der Waals surface area contributed by atoms with Crippen molar-refractivity contribution in [2.24, 2.45) is 5.92 Å². The van der Waals surface area contributed by atoms with Gasteiger partial charge in [0, 0.05) is 0 Å². The third-order valence-electron chi connectivity index (χ3n) is 4.85. The van der Waals surface area contributed by atoms with E-state index in [4.69, 9.17) is 14.2 Å². The molecule has 0 radical (unpaired) electrons. The molecular formula is C18H30O5. The molecule has 23 heavy (non-hydrogen) atoms. The molecule has 0 N–H and O–H groups in total. The molecule has 3 atom stereocenters. The van der Waals surface area contributed by atoms with E-state index in [-0.39, 0.29) is 18.0 Å². The van der Waals surface area contributed by atoms with Crippen molar-refractivity contribution in [1.82, 2.24) is 0 Å². The smallest absolute Gasteiger partial charge is 0.339 e. The summed E-state index contributed by atoms with van der Waals surface area (Å²) in [4.78, 5) is 24.8. The quantitative estimate of drug-likeness (QED) is 0.455. The highest BCUT2D eigenvalue weighted by Crippen LogP contribution is 2.50. The third kappa shape index (κ3) is 4.06. The van der Waals surface area contributed by atoms with Gasteiger partial charge in [-0.25, -0.2) is 4.79 Å². The van der Waals surface area contributed by atoms with E-state index >= 15 is 0 Å². The summed E-state index contributed by atoms with van der Waals surface area (Å²) in [5.41, 5.74) is -1.07. The van der Waals surface area contributed by atoms with Gasteiger partial charge in [0.1, 0.15) is 5.92 Å². The van der Waals surface area contributed by atoms with Crippen LogP contribution < -0.4 is 0 Å². The van der Waals surface area contributed by atoms with E-state index in [1.54, 1.807) is 0 Å². The Morgan fingerprint density at radius 1 is 1.04 bits per heavy atom. The predicted molar refractivity (Wildman–Crippen MR) is 85.9 cm³/mol. The van der Waals surface area contributed by atoms with Crippen LogP contribution in [0.1, 0.15) is 71.6 Å². The number of ether oxygens (including phenoxy) is 3. The normalized spacial score (nSPS) is 28.8. The van der Waals surface area contributed by atoms with Crippen LogP contribution in [0.15, 0.2) is 0 Å². The maximum absolute atomic E-state index is 12.5. The van der Waals surface area contributed by atoms with E-state index in [0.717, 1.165) is 51.4 Å². The highest BCUT2D eigenvalue weighted by Gasteiger charge is 2.67. The van der Waals surface area contributed by atoms with Gasteiger partial charge in [-0.2, -0.15) is 0 Å². The second-order valence-corrected chi connectivity index (χ2v) is 6.63. The summed E-state index contributed by atoms with van der Waals surface area (Å²) >= 11 is 0. The Bertz CT molecular complexity index is 404. The van der Waals surface area contributed by atoms with E-state index in [9.17, 15) is 9.59 Å². The van der Waals surface area contributed by atoms with Crippen LogP contribution >= 0.6 is 0 Å². The van der Waals surface area contributed by atoms with E-state index in [2.05, 4.69) is 13.8 Å². The summed E-state index contributed by atoms with van der Waals surface area (Å²) in [6, 6.07) is 0. The van der Waals surface area contributed by atoms with Crippen LogP contribution in [0.5, 0.6) is 0 Å². The van der Waals surface area contributed by atoms with Gasteiger partial charge in [0.2, 0.25) is 0 Å². The second-order valence-electron chi connectivity index (χ2n) is 6.63. The molecule has 2 saturated heterocycles. The first-order valence-corrected chi connectivity index (χ1v) is 9.17. The number of unbranched alkanes of at least 4 members (excludes halogenated alkanes) is 4. The summed E-state index contributed by atoms with van der Waals surface area (Å²) in [6.07, 6.45) is 8.07. The molecule has 0 aromatic rings. The number of carbonyl (C=O) groups is 2. The lowest BCUT2D eigenvalue weighted by atomic mass is 9.67. The number of rotatable bonds is 10. The number of fused-ring (bicyclic) bond motifs is 2. The molecule has 0 aromatic heterocycles. The Balaban J connectivity index is 1.87. The Hall–Kier alpha value is -1.10. The van der Waals surface area contributed by atoms with Crippen molar-refractivity contribution >= 4 is 11.9 Å². The van der Waals surface area contributed by atoms with E-state index in [1.165, 1.54) is 0 Å². The minimum absolute atomic E-state index is 0.175. The van der Waals surface area contributed by atoms with Crippen LogP contribution in [0.3, 0.4) is 0 Å². The lowest BCUT2D eigenvalue weighted by Crippen LogP contribution is -2.70. The molecule has 2 aliphatic heterocycles. The molecule has 1 saturated carbocycles. The summed E-state index contributed by atoms with van der Waals surface area (Å²) < 4.78 is 16.5. The van der Waals surface area contributed by atoms with Crippen molar-refractivity contribution in [3.63, 3.8) is 0 Å². The molecular weight excluding hydrogens is 296 g/mol. The Morgan fingerprint density at radius 2 is 1.70 bits per heavy atom. The van der Waals surface area contributed by atoms with E-state index in [0.29, 0.717) is 19.6 Å². The molecule has 0 spiro atoms. The Labute approximate surface area is 139 Å². The standard InChI is InChI=1S/C18H30O5/c1-3-5-7-12-21-16(19)15-14-10-9-11-18(15,23-14)17(20)22-13-8-6-4-2/h14-15H,3-13H2,1-2H3. The average molecular weight is 326 g/mol. The first-order valence-electron chi connectivity index (χ1n) is 9.17. The van der Waals surface area contributed by atoms with Gasteiger partial charge >= 0.3 is 11.9 Å². The van der Waals surface area contributed by atoms with Crippen molar-refractivity contribution in [3.05, 3.63) is 0 Å². The zero-order valence-electron chi connectivity index (χ0n) is 14.5. The van der Waals surface area contributed by atoms with Crippen LogP contribution in [0.2, 0.25) is 0 Å². The SMILES string of the molecule is CCCCCOC(=O)C1C2CCCC1(C(=O)OCCCCC)O2. The number of hydrogen-bond acceptors (Lipinski definition) is 5. The van der Waals surface area contributed by atoms with Gasteiger partial charge in [-0.05, 0) is 32.1 Å². The van der Waals surface area contributed by atoms with Gasteiger partial charge in [0.15, 0.2) is 5.60 Å². The number of esters is 2. The van der Waals surface area contributed by atoms with Gasteiger partial charge in [0.05, 0.1) is 19.3 Å². The zero-order chi connectivity index (χ0) is 16.7. The lowest BCUT2D eigenvalue weighted by Gasteiger charge is -2.54.